The largest absolute Gasteiger partial charge is 0.396 e. The molecule has 0 bridgehead atoms. The van der Waals surface area contributed by atoms with E-state index >= 15 is 0 Å². The number of nitrogens with zero attached hydrogens (tertiary/aromatic N) is 4. The lowest BCUT2D eigenvalue weighted by Crippen LogP contribution is -2.44. The van der Waals surface area contributed by atoms with Crippen molar-refractivity contribution in [3.05, 3.63) is 12.5 Å². The van der Waals surface area contributed by atoms with Crippen molar-refractivity contribution in [2.24, 2.45) is 5.92 Å². The zero-order valence-corrected chi connectivity index (χ0v) is 9.06. The van der Waals surface area contributed by atoms with E-state index in [0.717, 1.165) is 0 Å². The monoisotopic (exact) mass is 235 g/mol. The second kappa shape index (κ2) is 3.64. The Morgan fingerprint density at radius 2 is 2.29 bits per heavy atom. The molecule has 0 spiro atoms. The number of aliphatic hydroxyl groups excluding tert-OH is 2. The molecule has 0 aromatic carbocycles. The van der Waals surface area contributed by atoms with Crippen LogP contribution in [0.25, 0.3) is 11.2 Å². The summed E-state index contributed by atoms with van der Waals surface area (Å²) in [7, 11) is 0. The van der Waals surface area contributed by atoms with Gasteiger partial charge in [0.2, 0.25) is 5.95 Å². The summed E-state index contributed by atoms with van der Waals surface area (Å²) in [4.78, 5) is 12.1. The van der Waals surface area contributed by atoms with Crippen LogP contribution in [0.5, 0.6) is 0 Å². The molecule has 0 aliphatic heterocycles. The van der Waals surface area contributed by atoms with Gasteiger partial charge in [0.1, 0.15) is 5.52 Å². The SMILES string of the molecule is Nc1ncc2ncn([C@@H]3C[C@H](CO)[C@H]3O)c2n1. The summed E-state index contributed by atoms with van der Waals surface area (Å²) in [5.74, 6) is 0.128. The van der Waals surface area contributed by atoms with Crippen LogP contribution >= 0.6 is 0 Å². The smallest absolute Gasteiger partial charge is 0.222 e. The van der Waals surface area contributed by atoms with E-state index in [1.54, 1.807) is 17.1 Å². The Bertz CT molecular complexity index is 555. The maximum Gasteiger partial charge on any atom is 0.222 e. The normalized spacial score (nSPS) is 28.2. The Morgan fingerprint density at radius 1 is 1.47 bits per heavy atom. The molecule has 0 amide bonds. The van der Waals surface area contributed by atoms with Gasteiger partial charge in [0.05, 0.1) is 24.7 Å². The summed E-state index contributed by atoms with van der Waals surface area (Å²) in [6.07, 6.45) is 3.34. The van der Waals surface area contributed by atoms with Crippen molar-refractivity contribution in [3.63, 3.8) is 0 Å². The van der Waals surface area contributed by atoms with Crippen molar-refractivity contribution >= 4 is 17.1 Å². The summed E-state index contributed by atoms with van der Waals surface area (Å²) in [6.45, 7) is 0.00141. The predicted octanol–water partition coefficient (Wildman–Crippen LogP) is -0.677. The highest BCUT2D eigenvalue weighted by molar-refractivity contribution is 5.70. The molecule has 2 heterocycles. The fourth-order valence-electron chi connectivity index (χ4n) is 2.25. The summed E-state index contributed by atoms with van der Waals surface area (Å²) < 4.78 is 1.80. The third kappa shape index (κ3) is 1.47. The van der Waals surface area contributed by atoms with Crippen LogP contribution in [0.4, 0.5) is 5.95 Å². The maximum atomic E-state index is 9.88. The van der Waals surface area contributed by atoms with Crippen molar-refractivity contribution in [2.75, 3.05) is 12.3 Å². The molecule has 3 rings (SSSR count). The molecule has 7 nitrogen and oxygen atoms in total. The zero-order valence-electron chi connectivity index (χ0n) is 9.06. The number of imidazole rings is 1. The van der Waals surface area contributed by atoms with Crippen LogP contribution in [-0.2, 0) is 0 Å². The second-order valence-corrected chi connectivity index (χ2v) is 4.33. The minimum atomic E-state index is -0.561. The Kier molecular flexibility index (Phi) is 2.23. The Morgan fingerprint density at radius 3 is 3.00 bits per heavy atom. The van der Waals surface area contributed by atoms with Crippen LogP contribution < -0.4 is 5.73 Å². The summed E-state index contributed by atoms with van der Waals surface area (Å²) >= 11 is 0. The van der Waals surface area contributed by atoms with Crippen LogP contribution in [0.15, 0.2) is 12.5 Å². The van der Waals surface area contributed by atoms with Gasteiger partial charge in [-0.3, -0.25) is 0 Å². The Labute approximate surface area is 96.9 Å². The molecule has 1 aliphatic carbocycles. The van der Waals surface area contributed by atoms with E-state index in [2.05, 4.69) is 15.0 Å². The van der Waals surface area contributed by atoms with Crippen LogP contribution in [0, 0.1) is 5.92 Å². The lowest BCUT2D eigenvalue weighted by molar-refractivity contribution is -0.0550. The molecule has 4 N–H and O–H groups in total. The van der Waals surface area contributed by atoms with Crippen molar-refractivity contribution in [1.82, 2.24) is 19.5 Å². The lowest BCUT2D eigenvalue weighted by Gasteiger charge is -2.40. The number of nitrogen functional groups attached to an aromatic ring is 1. The first-order valence-electron chi connectivity index (χ1n) is 5.44. The molecule has 0 saturated heterocycles. The quantitative estimate of drug-likeness (QED) is 0.636. The van der Waals surface area contributed by atoms with Crippen molar-refractivity contribution in [2.45, 2.75) is 18.6 Å². The number of aromatic nitrogens is 4. The fraction of sp³-hybridized carbons (Fsp3) is 0.500. The van der Waals surface area contributed by atoms with Gasteiger partial charge in [-0.1, -0.05) is 0 Å². The maximum absolute atomic E-state index is 9.88. The van der Waals surface area contributed by atoms with Crippen LogP contribution in [-0.4, -0.2) is 42.4 Å². The highest BCUT2D eigenvalue weighted by Crippen LogP contribution is 2.38. The number of aliphatic hydroxyl groups is 2. The molecule has 0 radical (unpaired) electrons. The zero-order chi connectivity index (χ0) is 12.0. The lowest BCUT2D eigenvalue weighted by atomic mass is 9.77. The van der Waals surface area contributed by atoms with Crippen LogP contribution in [0.3, 0.4) is 0 Å². The van der Waals surface area contributed by atoms with Gasteiger partial charge in [0.25, 0.3) is 0 Å². The van der Waals surface area contributed by atoms with Gasteiger partial charge in [0, 0.05) is 12.5 Å². The molecule has 2 aromatic rings. The number of hydrogen-bond acceptors (Lipinski definition) is 6. The van der Waals surface area contributed by atoms with Gasteiger partial charge in [-0.2, -0.15) is 4.98 Å². The van der Waals surface area contributed by atoms with Gasteiger partial charge < -0.3 is 20.5 Å². The Balaban J connectivity index is 1.99. The molecule has 1 fully saturated rings. The van der Waals surface area contributed by atoms with E-state index in [1.807, 2.05) is 0 Å². The fourth-order valence-corrected chi connectivity index (χ4v) is 2.25. The average molecular weight is 235 g/mol. The minimum absolute atomic E-state index is 0.00141. The summed E-state index contributed by atoms with van der Waals surface area (Å²) in [5.41, 5.74) is 6.81. The highest BCUT2D eigenvalue weighted by atomic mass is 16.3. The minimum Gasteiger partial charge on any atom is -0.396 e. The van der Waals surface area contributed by atoms with Gasteiger partial charge in [-0.25, -0.2) is 9.97 Å². The molecular formula is C10H13N5O2. The summed E-state index contributed by atoms with van der Waals surface area (Å²) in [6, 6.07) is -0.0913. The molecule has 2 aromatic heterocycles. The van der Waals surface area contributed by atoms with Crippen molar-refractivity contribution in [3.8, 4) is 0 Å². The van der Waals surface area contributed by atoms with Gasteiger partial charge >= 0.3 is 0 Å². The molecular weight excluding hydrogens is 222 g/mol. The highest BCUT2D eigenvalue weighted by Gasteiger charge is 2.41. The van der Waals surface area contributed by atoms with Crippen molar-refractivity contribution < 1.29 is 10.2 Å². The molecule has 0 unspecified atom stereocenters. The topological polar surface area (TPSA) is 110 Å². The van der Waals surface area contributed by atoms with Gasteiger partial charge in [-0.15, -0.1) is 0 Å². The van der Waals surface area contributed by atoms with E-state index in [-0.39, 0.29) is 24.5 Å². The number of hydrogen-bond donors (Lipinski definition) is 3. The van der Waals surface area contributed by atoms with Crippen LogP contribution in [0.2, 0.25) is 0 Å². The summed E-state index contributed by atoms with van der Waals surface area (Å²) in [5, 5.41) is 18.9. The molecule has 17 heavy (non-hydrogen) atoms. The van der Waals surface area contributed by atoms with Gasteiger partial charge in [0.15, 0.2) is 5.65 Å². The molecule has 1 saturated carbocycles. The van der Waals surface area contributed by atoms with E-state index in [0.29, 0.717) is 17.6 Å². The number of nitrogens with two attached hydrogens (primary N) is 1. The van der Waals surface area contributed by atoms with Gasteiger partial charge in [-0.05, 0) is 6.42 Å². The number of rotatable bonds is 2. The Hall–Kier alpha value is -1.73. The standard InChI is InChI=1S/C10H13N5O2/c11-10-12-2-6-9(14-10)15(4-13-6)7-1-5(3-16)8(7)17/h2,4-5,7-8,16-17H,1,3H2,(H2,11,12,14)/t5-,7-,8-/m1/s1. The third-order valence-electron chi connectivity index (χ3n) is 3.35. The first-order chi connectivity index (χ1) is 8.20. The average Bonchev–Trinajstić information content (AvgIpc) is 2.71. The first kappa shape index (κ1) is 10.4. The van der Waals surface area contributed by atoms with E-state index in [4.69, 9.17) is 10.8 Å². The number of anilines is 1. The first-order valence-corrected chi connectivity index (χ1v) is 5.44. The second-order valence-electron chi connectivity index (χ2n) is 4.33. The molecule has 3 atom stereocenters. The van der Waals surface area contributed by atoms with E-state index in [9.17, 15) is 5.11 Å². The predicted molar refractivity (Wildman–Crippen MR) is 60.0 cm³/mol. The van der Waals surface area contributed by atoms with E-state index < -0.39 is 6.10 Å². The van der Waals surface area contributed by atoms with Crippen LogP contribution in [0.1, 0.15) is 12.5 Å². The van der Waals surface area contributed by atoms with Crippen molar-refractivity contribution in [1.29, 1.82) is 0 Å². The number of fused-ring (bicyclic) bond motifs is 1. The third-order valence-corrected chi connectivity index (χ3v) is 3.35. The molecule has 1 aliphatic rings. The molecule has 90 valence electrons. The molecule has 7 heteroatoms. The van der Waals surface area contributed by atoms with E-state index in [1.165, 1.54) is 0 Å².